The zero-order valence-electron chi connectivity index (χ0n) is 14.4. The smallest absolute Gasteiger partial charge is 0.221 e. The summed E-state index contributed by atoms with van der Waals surface area (Å²) in [7, 11) is 0. The van der Waals surface area contributed by atoms with Crippen LogP contribution < -0.4 is 5.32 Å². The van der Waals surface area contributed by atoms with Crippen LogP contribution in [0, 0.1) is 4.77 Å². The van der Waals surface area contributed by atoms with Crippen molar-refractivity contribution in [2.75, 3.05) is 5.32 Å². The summed E-state index contributed by atoms with van der Waals surface area (Å²) in [5, 5.41) is 22.4. The molecule has 6 nitrogen and oxygen atoms in total. The quantitative estimate of drug-likeness (QED) is 0.462. The van der Waals surface area contributed by atoms with E-state index in [1.54, 1.807) is 16.7 Å². The Morgan fingerprint density at radius 3 is 2.70 bits per heavy atom. The lowest BCUT2D eigenvalue weighted by Gasteiger charge is -2.12. The lowest BCUT2D eigenvalue weighted by molar-refractivity contribution is -0.114. The van der Waals surface area contributed by atoms with E-state index in [0.29, 0.717) is 21.8 Å². The SMILES string of the molecule is CC(=O)Nc1ccc(-c2n[nH]c(=S)n2-c2cccc3ccccc23)c(O)c1. The summed E-state index contributed by atoms with van der Waals surface area (Å²) < 4.78 is 2.22. The number of amides is 1. The normalized spacial score (nSPS) is 10.9. The van der Waals surface area contributed by atoms with Crippen LogP contribution in [0.25, 0.3) is 27.8 Å². The van der Waals surface area contributed by atoms with Gasteiger partial charge in [0.25, 0.3) is 0 Å². The van der Waals surface area contributed by atoms with Crippen molar-refractivity contribution in [2.24, 2.45) is 0 Å². The highest BCUT2D eigenvalue weighted by Gasteiger charge is 2.16. The molecule has 3 N–H and O–H groups in total. The molecule has 0 atom stereocenters. The first kappa shape index (κ1) is 17.0. The molecular formula is C20H16N4O2S. The standard InChI is InChI=1S/C20H16N4O2S/c1-12(25)21-14-9-10-16(18(26)11-14)19-22-23-20(27)24(19)17-8-4-6-13-5-2-3-7-15(13)17/h2-11,26H,1H3,(H,21,25)(H,23,27). The van der Waals surface area contributed by atoms with E-state index in [2.05, 4.69) is 15.5 Å². The predicted molar refractivity (Wildman–Crippen MR) is 108 cm³/mol. The highest BCUT2D eigenvalue weighted by Crippen LogP contribution is 2.33. The highest BCUT2D eigenvalue weighted by atomic mass is 32.1. The molecule has 134 valence electrons. The number of hydrogen-bond acceptors (Lipinski definition) is 4. The Hall–Kier alpha value is -3.45. The number of phenolic OH excluding ortho intramolecular Hbond substituents is 1. The molecule has 1 amide bonds. The van der Waals surface area contributed by atoms with Gasteiger partial charge in [0.05, 0.1) is 11.3 Å². The van der Waals surface area contributed by atoms with Crippen molar-refractivity contribution in [2.45, 2.75) is 6.92 Å². The van der Waals surface area contributed by atoms with Crippen molar-refractivity contribution < 1.29 is 9.90 Å². The van der Waals surface area contributed by atoms with Crippen LogP contribution in [0.2, 0.25) is 0 Å². The number of aromatic hydroxyl groups is 1. The Labute approximate surface area is 160 Å². The number of phenols is 1. The number of H-pyrrole nitrogens is 1. The fourth-order valence-electron chi connectivity index (χ4n) is 3.11. The number of nitrogens with one attached hydrogen (secondary N) is 2. The molecular weight excluding hydrogens is 360 g/mol. The summed E-state index contributed by atoms with van der Waals surface area (Å²) in [6.07, 6.45) is 0. The van der Waals surface area contributed by atoms with Gasteiger partial charge in [0, 0.05) is 24.1 Å². The number of fused-ring (bicyclic) bond motifs is 1. The average molecular weight is 376 g/mol. The molecule has 0 bridgehead atoms. The van der Waals surface area contributed by atoms with E-state index < -0.39 is 0 Å². The number of carbonyl (C=O) groups is 1. The Balaban J connectivity index is 1.91. The van der Waals surface area contributed by atoms with Crippen molar-refractivity contribution in [3.63, 3.8) is 0 Å². The molecule has 0 fully saturated rings. The molecule has 3 aromatic carbocycles. The third-order valence-electron chi connectivity index (χ3n) is 4.24. The van der Waals surface area contributed by atoms with Crippen LogP contribution in [0.5, 0.6) is 5.75 Å². The maximum Gasteiger partial charge on any atom is 0.221 e. The summed E-state index contributed by atoms with van der Waals surface area (Å²) in [5.74, 6) is 0.278. The van der Waals surface area contributed by atoms with Crippen LogP contribution in [0.1, 0.15) is 6.92 Å². The molecule has 7 heteroatoms. The summed E-state index contributed by atoms with van der Waals surface area (Å²) in [5.41, 5.74) is 1.88. The van der Waals surface area contributed by atoms with Gasteiger partial charge < -0.3 is 10.4 Å². The van der Waals surface area contributed by atoms with Gasteiger partial charge in [-0.1, -0.05) is 36.4 Å². The fraction of sp³-hybridized carbons (Fsp3) is 0.0500. The van der Waals surface area contributed by atoms with E-state index in [4.69, 9.17) is 12.2 Å². The number of aromatic amines is 1. The van der Waals surface area contributed by atoms with E-state index >= 15 is 0 Å². The van der Waals surface area contributed by atoms with Crippen molar-refractivity contribution in [3.05, 3.63) is 65.4 Å². The van der Waals surface area contributed by atoms with Crippen LogP contribution in [0.15, 0.2) is 60.7 Å². The topological polar surface area (TPSA) is 82.9 Å². The molecule has 0 saturated carbocycles. The number of nitrogens with zero attached hydrogens (tertiary/aromatic N) is 2. The lowest BCUT2D eigenvalue weighted by Crippen LogP contribution is -2.05. The Morgan fingerprint density at radius 2 is 1.93 bits per heavy atom. The minimum absolute atomic E-state index is 0.00302. The van der Waals surface area contributed by atoms with Crippen molar-refractivity contribution in [3.8, 4) is 22.8 Å². The van der Waals surface area contributed by atoms with Gasteiger partial charge in [0.2, 0.25) is 5.91 Å². The zero-order chi connectivity index (χ0) is 19.0. The molecule has 4 aromatic rings. The Bertz CT molecular complexity index is 1220. The predicted octanol–water partition coefficient (Wildman–Crippen LogP) is 4.41. The third kappa shape index (κ3) is 3.09. The minimum Gasteiger partial charge on any atom is -0.507 e. The van der Waals surface area contributed by atoms with Crippen LogP contribution in [-0.2, 0) is 4.79 Å². The monoisotopic (exact) mass is 376 g/mol. The highest BCUT2D eigenvalue weighted by molar-refractivity contribution is 7.71. The molecule has 0 aliphatic carbocycles. The van der Waals surface area contributed by atoms with E-state index in [1.807, 2.05) is 42.5 Å². The number of anilines is 1. The van der Waals surface area contributed by atoms with E-state index in [0.717, 1.165) is 16.5 Å². The molecule has 0 radical (unpaired) electrons. The van der Waals surface area contributed by atoms with Crippen LogP contribution in [0.3, 0.4) is 0 Å². The molecule has 0 spiro atoms. The van der Waals surface area contributed by atoms with Gasteiger partial charge in [-0.05, 0) is 35.8 Å². The first-order chi connectivity index (χ1) is 13.0. The van der Waals surface area contributed by atoms with Gasteiger partial charge in [-0.2, -0.15) is 5.10 Å². The summed E-state index contributed by atoms with van der Waals surface area (Å²) >= 11 is 5.45. The average Bonchev–Trinajstić information content (AvgIpc) is 3.02. The van der Waals surface area contributed by atoms with E-state index in [1.165, 1.54) is 13.0 Å². The van der Waals surface area contributed by atoms with E-state index in [9.17, 15) is 9.90 Å². The van der Waals surface area contributed by atoms with Crippen molar-refractivity contribution >= 4 is 34.6 Å². The zero-order valence-corrected chi connectivity index (χ0v) is 15.2. The molecule has 1 aromatic heterocycles. The lowest BCUT2D eigenvalue weighted by atomic mass is 10.1. The van der Waals surface area contributed by atoms with E-state index in [-0.39, 0.29) is 11.7 Å². The molecule has 0 unspecified atom stereocenters. The van der Waals surface area contributed by atoms with Crippen molar-refractivity contribution in [1.29, 1.82) is 0 Å². The summed E-state index contributed by atoms with van der Waals surface area (Å²) in [4.78, 5) is 11.2. The molecule has 27 heavy (non-hydrogen) atoms. The number of benzene rings is 3. The molecule has 0 aliphatic rings. The maximum atomic E-state index is 11.2. The second kappa shape index (κ2) is 6.69. The first-order valence-corrected chi connectivity index (χ1v) is 8.72. The van der Waals surface area contributed by atoms with Gasteiger partial charge in [0.1, 0.15) is 5.75 Å². The van der Waals surface area contributed by atoms with Crippen LogP contribution in [0.4, 0.5) is 5.69 Å². The van der Waals surface area contributed by atoms with Gasteiger partial charge in [-0.15, -0.1) is 0 Å². The number of carbonyl (C=O) groups excluding carboxylic acids is 1. The minimum atomic E-state index is -0.208. The molecule has 4 rings (SSSR count). The summed E-state index contributed by atoms with van der Waals surface area (Å²) in [6.45, 7) is 1.41. The van der Waals surface area contributed by atoms with Gasteiger partial charge in [0.15, 0.2) is 10.6 Å². The fourth-order valence-corrected chi connectivity index (χ4v) is 3.34. The second-order valence-electron chi connectivity index (χ2n) is 6.10. The Kier molecular flexibility index (Phi) is 4.21. The maximum absolute atomic E-state index is 11.2. The second-order valence-corrected chi connectivity index (χ2v) is 6.49. The van der Waals surface area contributed by atoms with Crippen LogP contribution >= 0.6 is 12.2 Å². The Morgan fingerprint density at radius 1 is 1.15 bits per heavy atom. The van der Waals surface area contributed by atoms with Crippen molar-refractivity contribution in [1.82, 2.24) is 14.8 Å². The third-order valence-corrected chi connectivity index (χ3v) is 4.51. The molecule has 0 saturated heterocycles. The molecule has 0 aliphatic heterocycles. The largest absolute Gasteiger partial charge is 0.507 e. The van der Waals surface area contributed by atoms with Gasteiger partial charge >= 0.3 is 0 Å². The van der Waals surface area contributed by atoms with Gasteiger partial charge in [-0.3, -0.25) is 14.5 Å². The number of aromatic nitrogens is 3. The number of hydrogen-bond donors (Lipinski definition) is 3. The summed E-state index contributed by atoms with van der Waals surface area (Å²) in [6, 6.07) is 18.8. The van der Waals surface area contributed by atoms with Gasteiger partial charge in [-0.25, -0.2) is 0 Å². The number of rotatable bonds is 3. The van der Waals surface area contributed by atoms with Crippen LogP contribution in [-0.4, -0.2) is 25.8 Å². The molecule has 1 heterocycles. The first-order valence-electron chi connectivity index (χ1n) is 8.31.